The Hall–Kier alpha value is -5.16. The Morgan fingerprint density at radius 3 is 1.47 bits per heavy atom. The highest BCUT2D eigenvalue weighted by atomic mass is 31.2. The largest absolute Gasteiger partial charge is 0.475 e. The van der Waals surface area contributed by atoms with Gasteiger partial charge in [-0.25, -0.2) is 4.57 Å². The van der Waals surface area contributed by atoms with Crippen LogP contribution < -0.4 is 10.4 Å². The number of fused-ring (bicyclic) bond motifs is 6. The third kappa shape index (κ3) is 8.30. The lowest BCUT2D eigenvalue weighted by atomic mass is 9.87. The van der Waals surface area contributed by atoms with E-state index in [-0.39, 0.29) is 43.7 Å². The summed E-state index contributed by atoms with van der Waals surface area (Å²) in [6.07, 6.45) is 1.62. The van der Waals surface area contributed by atoms with Gasteiger partial charge in [-0.3, -0.25) is 13.6 Å². The van der Waals surface area contributed by atoms with Crippen molar-refractivity contribution in [2.45, 2.75) is 38.0 Å². The highest BCUT2D eigenvalue weighted by molar-refractivity contribution is 7.48. The van der Waals surface area contributed by atoms with Crippen LogP contribution in [0.15, 0.2) is 163 Å². The molecule has 1 radical (unpaired) electrons. The van der Waals surface area contributed by atoms with Crippen molar-refractivity contribution in [3.8, 4) is 28.3 Å². The summed E-state index contributed by atoms with van der Waals surface area (Å²) in [6, 6.07) is 54.0. The molecule has 57 heavy (non-hydrogen) atoms. The van der Waals surface area contributed by atoms with Gasteiger partial charge < -0.3 is 4.43 Å². The molecule has 0 spiro atoms. The summed E-state index contributed by atoms with van der Waals surface area (Å²) in [7, 11) is -5.87. The molecular formula is C49H45NO5PSi. The van der Waals surface area contributed by atoms with Crippen molar-refractivity contribution >= 4 is 27.2 Å². The van der Waals surface area contributed by atoms with Crippen LogP contribution >= 0.6 is 7.82 Å². The topological polar surface area (TPSA) is 77.8 Å². The normalized spacial score (nSPS) is 13.9. The minimum absolute atomic E-state index is 0.0285. The standard InChI is InChI=1S/C49H45NO5PSi/c1-49(2,3)36-25-27-38(28-26-36)57(37-15-5-4-6-16-37)55-32-35(31-50)29-30-52-56(51,53-33-47-43-21-11-7-17-39(43)40-18-8-12-22-44(40)47)54-34-48-45-23-13-9-19-41(45)42-20-10-14-24-46(42)48/h4-29,47-48H,30,32-34H2,1-3H3/b35-29+. The van der Waals surface area contributed by atoms with Crippen molar-refractivity contribution < 1.29 is 22.6 Å². The van der Waals surface area contributed by atoms with Crippen LogP contribution in [0.25, 0.3) is 22.3 Å². The maximum absolute atomic E-state index is 14.8. The second-order valence-electron chi connectivity index (χ2n) is 15.4. The van der Waals surface area contributed by atoms with E-state index in [9.17, 15) is 9.83 Å². The predicted octanol–water partition coefficient (Wildman–Crippen LogP) is 10.3. The Morgan fingerprint density at radius 2 is 1.04 bits per heavy atom. The Bertz CT molecular complexity index is 2290. The number of phosphoric acid groups is 1. The average Bonchev–Trinajstić information content (AvgIpc) is 3.74. The van der Waals surface area contributed by atoms with Gasteiger partial charge in [-0.2, -0.15) is 5.26 Å². The first kappa shape index (κ1) is 38.7. The first-order chi connectivity index (χ1) is 27.7. The molecule has 0 N–H and O–H groups in total. The van der Waals surface area contributed by atoms with Crippen molar-refractivity contribution in [1.29, 1.82) is 5.26 Å². The fourth-order valence-corrected chi connectivity index (χ4v) is 11.0. The second kappa shape index (κ2) is 16.7. The molecule has 2 aliphatic rings. The molecular weight excluding hydrogens is 742 g/mol. The molecule has 0 saturated heterocycles. The maximum Gasteiger partial charge on any atom is 0.475 e. The zero-order chi connectivity index (χ0) is 39.4. The van der Waals surface area contributed by atoms with Gasteiger partial charge in [0, 0.05) is 11.8 Å². The Morgan fingerprint density at radius 1 is 0.614 bits per heavy atom. The van der Waals surface area contributed by atoms with Crippen LogP contribution in [0.3, 0.4) is 0 Å². The van der Waals surface area contributed by atoms with E-state index in [0.717, 1.165) is 54.9 Å². The Kier molecular flexibility index (Phi) is 11.4. The minimum atomic E-state index is -4.18. The van der Waals surface area contributed by atoms with Crippen molar-refractivity contribution in [3.63, 3.8) is 0 Å². The third-order valence-corrected chi connectivity index (χ3v) is 14.4. The zero-order valence-electron chi connectivity index (χ0n) is 32.4. The average molecular weight is 787 g/mol. The molecule has 0 fully saturated rings. The molecule has 285 valence electrons. The maximum atomic E-state index is 14.8. The molecule has 0 bridgehead atoms. The van der Waals surface area contributed by atoms with E-state index in [0.29, 0.717) is 5.57 Å². The van der Waals surface area contributed by atoms with E-state index < -0.39 is 16.9 Å². The summed E-state index contributed by atoms with van der Waals surface area (Å²) in [5.41, 5.74) is 10.6. The first-order valence-corrected chi connectivity index (χ1v) is 22.2. The molecule has 0 aromatic heterocycles. The van der Waals surface area contributed by atoms with Gasteiger partial charge in [-0.15, -0.1) is 0 Å². The molecule has 2 aliphatic carbocycles. The van der Waals surface area contributed by atoms with Crippen molar-refractivity contribution in [2.75, 3.05) is 26.4 Å². The fraction of sp³-hybridized carbons (Fsp3) is 0.204. The summed E-state index contributed by atoms with van der Waals surface area (Å²) < 4.78 is 40.0. The summed E-state index contributed by atoms with van der Waals surface area (Å²) in [5, 5.41) is 12.4. The number of benzene rings is 6. The molecule has 6 aromatic carbocycles. The lowest BCUT2D eigenvalue weighted by Gasteiger charge is -2.23. The van der Waals surface area contributed by atoms with E-state index in [1.165, 1.54) is 5.56 Å². The van der Waals surface area contributed by atoms with Gasteiger partial charge in [0.05, 0.1) is 38.1 Å². The van der Waals surface area contributed by atoms with Crippen molar-refractivity contribution in [1.82, 2.24) is 0 Å². The fourth-order valence-electron chi connectivity index (χ4n) is 7.88. The van der Waals surface area contributed by atoms with Gasteiger partial charge >= 0.3 is 7.82 Å². The smallest absolute Gasteiger partial charge is 0.402 e. The van der Waals surface area contributed by atoms with Crippen molar-refractivity contribution in [3.05, 3.63) is 191 Å². The number of hydrogen-bond donors (Lipinski definition) is 0. The summed E-state index contributed by atoms with van der Waals surface area (Å²) in [6.45, 7) is 6.69. The molecule has 8 heteroatoms. The second-order valence-corrected chi connectivity index (χ2v) is 19.2. The number of nitriles is 1. The number of hydrogen-bond acceptors (Lipinski definition) is 6. The van der Waals surface area contributed by atoms with Gasteiger partial charge in [-0.05, 0) is 71.9 Å². The first-order valence-electron chi connectivity index (χ1n) is 19.4. The Labute approximate surface area is 337 Å². The molecule has 6 nitrogen and oxygen atoms in total. The molecule has 0 unspecified atom stereocenters. The van der Waals surface area contributed by atoms with Gasteiger partial charge in [0.25, 0.3) is 9.04 Å². The Balaban J connectivity index is 1.02. The van der Waals surface area contributed by atoms with Crippen LogP contribution in [0, 0.1) is 11.3 Å². The molecule has 0 aliphatic heterocycles. The van der Waals surface area contributed by atoms with Gasteiger partial charge in [-0.1, -0.05) is 172 Å². The summed E-state index contributed by atoms with van der Waals surface area (Å²) in [4.78, 5) is 0. The summed E-state index contributed by atoms with van der Waals surface area (Å²) >= 11 is 0. The van der Waals surface area contributed by atoms with Crippen LogP contribution in [-0.2, 0) is 28.0 Å². The van der Waals surface area contributed by atoms with Crippen LogP contribution in [0.2, 0.25) is 0 Å². The van der Waals surface area contributed by atoms with E-state index in [4.69, 9.17) is 18.0 Å². The number of rotatable bonds is 14. The minimum Gasteiger partial charge on any atom is -0.402 e. The third-order valence-electron chi connectivity index (χ3n) is 10.9. The zero-order valence-corrected chi connectivity index (χ0v) is 34.3. The predicted molar refractivity (Wildman–Crippen MR) is 229 cm³/mol. The molecule has 8 rings (SSSR count). The van der Waals surface area contributed by atoms with Gasteiger partial charge in [0.1, 0.15) is 0 Å². The number of phosphoric ester groups is 1. The molecule has 6 aromatic rings. The lowest BCUT2D eigenvalue weighted by molar-refractivity contribution is 0.116. The van der Waals surface area contributed by atoms with Gasteiger partial charge in [0.15, 0.2) is 0 Å². The molecule has 0 heterocycles. The van der Waals surface area contributed by atoms with Crippen molar-refractivity contribution in [2.24, 2.45) is 0 Å². The lowest BCUT2D eigenvalue weighted by Crippen LogP contribution is -2.45. The van der Waals surface area contributed by atoms with E-state index >= 15 is 0 Å². The van der Waals surface area contributed by atoms with E-state index in [1.807, 2.05) is 66.7 Å². The van der Waals surface area contributed by atoms with E-state index in [1.54, 1.807) is 6.08 Å². The monoisotopic (exact) mass is 786 g/mol. The molecule has 0 saturated carbocycles. The van der Waals surface area contributed by atoms with Crippen LogP contribution in [-0.4, -0.2) is 35.5 Å². The van der Waals surface area contributed by atoms with E-state index in [2.05, 4.69) is 112 Å². The van der Waals surface area contributed by atoms with Crippen LogP contribution in [0.4, 0.5) is 0 Å². The molecule has 0 amide bonds. The highest BCUT2D eigenvalue weighted by Crippen LogP contribution is 2.55. The number of nitrogens with zero attached hydrogens (tertiary/aromatic N) is 1. The van der Waals surface area contributed by atoms with Crippen LogP contribution in [0.5, 0.6) is 0 Å². The van der Waals surface area contributed by atoms with Crippen LogP contribution in [0.1, 0.15) is 60.4 Å². The molecule has 0 atom stereocenters. The quantitative estimate of drug-likeness (QED) is 0.0622. The summed E-state index contributed by atoms with van der Waals surface area (Å²) in [5.74, 6) is -0.305. The highest BCUT2D eigenvalue weighted by Gasteiger charge is 2.36. The SMILES string of the molecule is CC(C)(C)c1ccc([Si](OC/C(C#N)=C/COP(=O)(OCC2c3ccccc3-c3ccccc32)OCC2c3ccccc3-c3ccccc32)c2ccccc2)cc1. The van der Waals surface area contributed by atoms with Gasteiger partial charge in [0.2, 0.25) is 0 Å².